The molecule has 1 aromatic heterocycles. The van der Waals surface area contributed by atoms with Crippen LogP contribution in [0.1, 0.15) is 52.3 Å². The summed E-state index contributed by atoms with van der Waals surface area (Å²) in [4.78, 5) is 14.2. The number of hydrogen-bond donors (Lipinski definition) is 0. The van der Waals surface area contributed by atoms with Crippen LogP contribution < -0.4 is 0 Å². The van der Waals surface area contributed by atoms with Gasteiger partial charge in [-0.15, -0.1) is 10.2 Å². The largest absolute Gasteiger partial charge is 0.342 e. The minimum atomic E-state index is -0.114. The van der Waals surface area contributed by atoms with Crippen LogP contribution in [0.2, 0.25) is 0 Å². The third kappa shape index (κ3) is 3.16. The van der Waals surface area contributed by atoms with Gasteiger partial charge in [0.25, 0.3) is 0 Å². The quantitative estimate of drug-likeness (QED) is 0.726. The summed E-state index contributed by atoms with van der Waals surface area (Å²) in [6.07, 6.45) is 2.44. The third-order valence-corrected chi connectivity index (χ3v) is 4.78. The topological polar surface area (TPSA) is 51.0 Å². The van der Waals surface area contributed by atoms with Crippen molar-refractivity contribution in [3.05, 3.63) is 5.82 Å². The summed E-state index contributed by atoms with van der Waals surface area (Å²) < 4.78 is 2.16. The molecule has 5 nitrogen and oxygen atoms in total. The molecule has 0 aliphatic heterocycles. The Balaban J connectivity index is 2.07. The van der Waals surface area contributed by atoms with Gasteiger partial charge in [0.1, 0.15) is 5.82 Å². The van der Waals surface area contributed by atoms with E-state index in [-0.39, 0.29) is 11.2 Å². The molecule has 112 valence electrons. The van der Waals surface area contributed by atoms with Gasteiger partial charge in [-0.25, -0.2) is 0 Å². The number of rotatable bonds is 7. The Kier molecular flexibility index (Phi) is 5.07. The van der Waals surface area contributed by atoms with Gasteiger partial charge in [-0.3, -0.25) is 4.79 Å². The lowest BCUT2D eigenvalue weighted by Crippen LogP contribution is -2.36. The maximum absolute atomic E-state index is 12.3. The first-order chi connectivity index (χ1) is 9.62. The SMILES string of the molecule is CCN(CC)C(=O)C(C)Sc1nnc(C2CC2)n1CC. The van der Waals surface area contributed by atoms with E-state index in [0.29, 0.717) is 5.92 Å². The monoisotopic (exact) mass is 296 g/mol. The lowest BCUT2D eigenvalue weighted by Gasteiger charge is -2.22. The molecule has 0 saturated heterocycles. The molecule has 1 unspecified atom stereocenters. The van der Waals surface area contributed by atoms with Crippen LogP contribution in [0.15, 0.2) is 5.16 Å². The predicted octanol–water partition coefficient (Wildman–Crippen LogP) is 2.52. The van der Waals surface area contributed by atoms with E-state index in [1.165, 1.54) is 24.6 Å². The van der Waals surface area contributed by atoms with Gasteiger partial charge in [-0.1, -0.05) is 11.8 Å². The van der Waals surface area contributed by atoms with Crippen molar-refractivity contribution in [3.63, 3.8) is 0 Å². The van der Waals surface area contributed by atoms with Gasteiger partial charge in [-0.05, 0) is 40.5 Å². The Labute approximate surface area is 125 Å². The number of nitrogens with zero attached hydrogens (tertiary/aromatic N) is 4. The van der Waals surface area contributed by atoms with Gasteiger partial charge in [0, 0.05) is 25.6 Å². The van der Waals surface area contributed by atoms with Crippen molar-refractivity contribution in [2.24, 2.45) is 0 Å². The summed E-state index contributed by atoms with van der Waals surface area (Å²) in [6.45, 7) is 10.5. The van der Waals surface area contributed by atoms with Gasteiger partial charge < -0.3 is 9.47 Å². The second-order valence-corrected chi connectivity index (χ2v) is 6.44. The van der Waals surface area contributed by atoms with Crippen molar-refractivity contribution in [1.82, 2.24) is 19.7 Å². The van der Waals surface area contributed by atoms with Crippen molar-refractivity contribution < 1.29 is 4.79 Å². The summed E-state index contributed by atoms with van der Waals surface area (Å²) in [5, 5.41) is 9.36. The van der Waals surface area contributed by atoms with E-state index in [9.17, 15) is 4.79 Å². The summed E-state index contributed by atoms with van der Waals surface area (Å²) in [5.74, 6) is 1.86. The van der Waals surface area contributed by atoms with Crippen LogP contribution in [0.3, 0.4) is 0 Å². The molecule has 1 atom stereocenters. The maximum Gasteiger partial charge on any atom is 0.235 e. The van der Waals surface area contributed by atoms with Gasteiger partial charge >= 0.3 is 0 Å². The molecule has 1 saturated carbocycles. The average molecular weight is 296 g/mol. The molecule has 0 radical (unpaired) electrons. The van der Waals surface area contributed by atoms with E-state index >= 15 is 0 Å². The third-order valence-electron chi connectivity index (χ3n) is 3.71. The second kappa shape index (κ2) is 6.61. The van der Waals surface area contributed by atoms with Crippen LogP contribution in [0.4, 0.5) is 0 Å². The molecule has 1 amide bonds. The lowest BCUT2D eigenvalue weighted by atomic mass is 10.4. The van der Waals surface area contributed by atoms with Crippen LogP contribution in [0, 0.1) is 0 Å². The molecule has 1 aliphatic carbocycles. The summed E-state index contributed by atoms with van der Waals surface area (Å²) in [7, 11) is 0. The van der Waals surface area contributed by atoms with Crippen molar-refractivity contribution >= 4 is 17.7 Å². The first-order valence-corrected chi connectivity index (χ1v) is 8.38. The molecule has 20 heavy (non-hydrogen) atoms. The zero-order chi connectivity index (χ0) is 14.7. The molecule has 1 heterocycles. The van der Waals surface area contributed by atoms with Crippen LogP contribution in [0.25, 0.3) is 0 Å². The fraction of sp³-hybridized carbons (Fsp3) is 0.786. The molecule has 0 bridgehead atoms. The van der Waals surface area contributed by atoms with E-state index in [4.69, 9.17) is 0 Å². The Morgan fingerprint density at radius 3 is 2.50 bits per heavy atom. The first-order valence-electron chi connectivity index (χ1n) is 7.50. The van der Waals surface area contributed by atoms with Crippen LogP contribution in [-0.2, 0) is 11.3 Å². The van der Waals surface area contributed by atoms with E-state index in [2.05, 4.69) is 21.7 Å². The molecule has 1 aromatic rings. The highest BCUT2D eigenvalue weighted by Crippen LogP contribution is 2.40. The maximum atomic E-state index is 12.3. The highest BCUT2D eigenvalue weighted by molar-refractivity contribution is 8.00. The van der Waals surface area contributed by atoms with Crippen molar-refractivity contribution in [2.75, 3.05) is 13.1 Å². The molecule has 0 aromatic carbocycles. The average Bonchev–Trinajstić information content (AvgIpc) is 3.21. The molecule has 1 aliphatic rings. The summed E-state index contributed by atoms with van der Waals surface area (Å²) >= 11 is 1.53. The Morgan fingerprint density at radius 2 is 2.00 bits per heavy atom. The van der Waals surface area contributed by atoms with E-state index in [1.807, 2.05) is 25.7 Å². The molecule has 1 fully saturated rings. The second-order valence-electron chi connectivity index (χ2n) is 5.13. The summed E-state index contributed by atoms with van der Waals surface area (Å²) in [5.41, 5.74) is 0. The zero-order valence-electron chi connectivity index (χ0n) is 12.8. The predicted molar refractivity (Wildman–Crippen MR) is 80.9 cm³/mol. The zero-order valence-corrected chi connectivity index (χ0v) is 13.6. The Hall–Kier alpha value is -1.04. The van der Waals surface area contributed by atoms with Crippen LogP contribution in [-0.4, -0.2) is 43.9 Å². The molecule has 0 N–H and O–H groups in total. The lowest BCUT2D eigenvalue weighted by molar-refractivity contribution is -0.129. The summed E-state index contributed by atoms with van der Waals surface area (Å²) in [6, 6.07) is 0. The fourth-order valence-corrected chi connectivity index (χ4v) is 3.33. The number of hydrogen-bond acceptors (Lipinski definition) is 4. The molecular formula is C14H24N4OS. The number of carbonyl (C=O) groups is 1. The normalized spacial score (nSPS) is 16.2. The van der Waals surface area contributed by atoms with E-state index < -0.39 is 0 Å². The number of amides is 1. The highest BCUT2D eigenvalue weighted by atomic mass is 32.2. The minimum Gasteiger partial charge on any atom is -0.342 e. The standard InChI is InChI=1S/C14H24N4OS/c1-5-17(6-2)13(19)10(4)20-14-16-15-12(11-8-9-11)18(14)7-3/h10-11H,5-9H2,1-4H3. The Morgan fingerprint density at radius 1 is 1.35 bits per heavy atom. The van der Waals surface area contributed by atoms with Crippen molar-refractivity contribution in [1.29, 1.82) is 0 Å². The van der Waals surface area contributed by atoms with E-state index in [0.717, 1.165) is 30.6 Å². The van der Waals surface area contributed by atoms with Gasteiger partial charge in [0.2, 0.25) is 5.91 Å². The fourth-order valence-electron chi connectivity index (χ4n) is 2.33. The Bertz CT molecular complexity index is 466. The van der Waals surface area contributed by atoms with E-state index in [1.54, 1.807) is 0 Å². The molecule has 2 rings (SSSR count). The number of aromatic nitrogens is 3. The van der Waals surface area contributed by atoms with Gasteiger partial charge in [-0.2, -0.15) is 0 Å². The minimum absolute atomic E-state index is 0.114. The van der Waals surface area contributed by atoms with Crippen LogP contribution in [0.5, 0.6) is 0 Å². The molecule has 0 spiro atoms. The van der Waals surface area contributed by atoms with Gasteiger partial charge in [0.05, 0.1) is 5.25 Å². The van der Waals surface area contributed by atoms with Crippen molar-refractivity contribution in [2.45, 2.75) is 63.4 Å². The molecule has 6 heteroatoms. The smallest absolute Gasteiger partial charge is 0.235 e. The molecular weight excluding hydrogens is 272 g/mol. The van der Waals surface area contributed by atoms with Gasteiger partial charge in [0.15, 0.2) is 5.16 Å². The highest BCUT2D eigenvalue weighted by Gasteiger charge is 2.31. The number of carbonyl (C=O) groups excluding carboxylic acids is 1. The first kappa shape index (κ1) is 15.4. The van der Waals surface area contributed by atoms with Crippen LogP contribution >= 0.6 is 11.8 Å². The number of thioether (sulfide) groups is 1. The van der Waals surface area contributed by atoms with Crippen molar-refractivity contribution in [3.8, 4) is 0 Å².